The van der Waals surface area contributed by atoms with E-state index in [0.29, 0.717) is 18.4 Å². The fourth-order valence-corrected chi connectivity index (χ4v) is 2.91. The smallest absolute Gasteiger partial charge is 0.119 e. The predicted molar refractivity (Wildman–Crippen MR) is 89.7 cm³/mol. The van der Waals surface area contributed by atoms with Crippen molar-refractivity contribution < 1.29 is 4.74 Å². The molecule has 0 bridgehead atoms. The second-order valence-electron chi connectivity index (χ2n) is 5.46. The van der Waals surface area contributed by atoms with Crippen LogP contribution in [0, 0.1) is 17.8 Å². The third kappa shape index (κ3) is 5.14. The summed E-state index contributed by atoms with van der Waals surface area (Å²) in [6.07, 6.45) is 7.72. The highest BCUT2D eigenvalue weighted by atomic mass is 35.5. The van der Waals surface area contributed by atoms with Gasteiger partial charge in [-0.15, -0.1) is 5.92 Å². The molecule has 0 unspecified atom stereocenters. The van der Waals surface area contributed by atoms with E-state index in [2.05, 4.69) is 43.0 Å². The fraction of sp³-hybridized carbons (Fsp3) is 0.474. The van der Waals surface area contributed by atoms with Crippen LogP contribution in [0.1, 0.15) is 50.5 Å². The Morgan fingerprint density at radius 1 is 1.19 bits per heavy atom. The quantitative estimate of drug-likeness (QED) is 0.667. The Kier molecular flexibility index (Phi) is 6.70. The van der Waals surface area contributed by atoms with Crippen molar-refractivity contribution in [2.24, 2.45) is 5.92 Å². The lowest BCUT2D eigenvalue weighted by molar-refractivity contribution is 0.361. The van der Waals surface area contributed by atoms with Gasteiger partial charge in [0.1, 0.15) is 12.4 Å². The highest BCUT2D eigenvalue weighted by Crippen LogP contribution is 2.36. The van der Waals surface area contributed by atoms with Gasteiger partial charge in [-0.2, -0.15) is 0 Å². The molecule has 0 aliphatic heterocycles. The van der Waals surface area contributed by atoms with Crippen LogP contribution in [-0.4, -0.2) is 6.61 Å². The Bertz CT molecular complexity index is 499. The lowest BCUT2D eigenvalue weighted by atomic mass is 9.79. The molecule has 0 heterocycles. The molecule has 0 spiro atoms. The average molecular weight is 303 g/mol. The summed E-state index contributed by atoms with van der Waals surface area (Å²) in [4.78, 5) is 0. The predicted octanol–water partition coefficient (Wildman–Crippen LogP) is 5.51. The van der Waals surface area contributed by atoms with E-state index in [1.54, 1.807) is 6.08 Å². The van der Waals surface area contributed by atoms with E-state index in [0.717, 1.165) is 12.2 Å². The molecular formula is C19H23ClO. The Morgan fingerprint density at radius 3 is 2.52 bits per heavy atom. The summed E-state index contributed by atoms with van der Waals surface area (Å²) in [5.74, 6) is 8.81. The van der Waals surface area contributed by atoms with Crippen LogP contribution in [-0.2, 0) is 0 Å². The molecule has 2 rings (SSSR count). The minimum atomic E-state index is 0.518. The van der Waals surface area contributed by atoms with E-state index < -0.39 is 0 Å². The molecule has 1 nitrogen and oxygen atoms in total. The molecule has 21 heavy (non-hydrogen) atoms. The monoisotopic (exact) mass is 302 g/mol. The number of rotatable bonds is 4. The Labute approximate surface area is 133 Å². The van der Waals surface area contributed by atoms with Crippen LogP contribution in [0.5, 0.6) is 5.75 Å². The van der Waals surface area contributed by atoms with Gasteiger partial charge < -0.3 is 4.74 Å². The summed E-state index contributed by atoms with van der Waals surface area (Å²) in [6.45, 7) is 2.63. The molecule has 1 aliphatic rings. The Hall–Kier alpha value is -1.39. The molecule has 0 aromatic heterocycles. The minimum Gasteiger partial charge on any atom is -0.490 e. The number of benzene rings is 1. The molecule has 0 saturated heterocycles. The fourth-order valence-electron chi connectivity index (χ4n) is 2.83. The minimum absolute atomic E-state index is 0.518. The van der Waals surface area contributed by atoms with Crippen molar-refractivity contribution in [1.29, 1.82) is 0 Å². The van der Waals surface area contributed by atoms with Crippen molar-refractivity contribution >= 4 is 11.6 Å². The van der Waals surface area contributed by atoms with E-state index >= 15 is 0 Å². The molecule has 0 radical (unpaired) electrons. The largest absolute Gasteiger partial charge is 0.490 e. The first-order chi connectivity index (χ1) is 10.3. The highest BCUT2D eigenvalue weighted by molar-refractivity contribution is 6.25. The molecule has 2 heteroatoms. The van der Waals surface area contributed by atoms with Gasteiger partial charge in [-0.05, 0) is 55.4 Å². The molecule has 1 fully saturated rings. The maximum absolute atomic E-state index is 5.56. The van der Waals surface area contributed by atoms with Crippen LogP contribution in [0.3, 0.4) is 0 Å². The van der Waals surface area contributed by atoms with Crippen molar-refractivity contribution in [3.05, 3.63) is 41.4 Å². The number of ether oxygens (including phenoxy) is 1. The van der Waals surface area contributed by atoms with Gasteiger partial charge in [-0.3, -0.25) is 0 Å². The van der Waals surface area contributed by atoms with E-state index in [9.17, 15) is 0 Å². The SMILES string of the molecule is CCC#CC1CCC(c2ccc(OCC=CCl)cc2)CC1. The molecule has 0 atom stereocenters. The maximum atomic E-state index is 5.56. The number of hydrogen-bond donors (Lipinski definition) is 0. The Balaban J connectivity index is 1.86. The van der Waals surface area contributed by atoms with Crippen molar-refractivity contribution in [1.82, 2.24) is 0 Å². The summed E-state index contributed by atoms with van der Waals surface area (Å²) in [6, 6.07) is 8.51. The second kappa shape index (κ2) is 8.80. The van der Waals surface area contributed by atoms with Crippen LogP contribution in [0.25, 0.3) is 0 Å². The van der Waals surface area contributed by atoms with Crippen molar-refractivity contribution in [2.45, 2.75) is 44.9 Å². The molecule has 0 N–H and O–H groups in total. The van der Waals surface area contributed by atoms with Gasteiger partial charge in [0.25, 0.3) is 0 Å². The van der Waals surface area contributed by atoms with Gasteiger partial charge in [-0.25, -0.2) is 0 Å². The lowest BCUT2D eigenvalue weighted by Gasteiger charge is -2.26. The summed E-state index contributed by atoms with van der Waals surface area (Å²) in [5.41, 5.74) is 2.91. The molecule has 1 aliphatic carbocycles. The van der Waals surface area contributed by atoms with Gasteiger partial charge in [0.05, 0.1) is 0 Å². The summed E-state index contributed by atoms with van der Waals surface area (Å²) >= 11 is 5.47. The molecular weight excluding hydrogens is 280 g/mol. The van der Waals surface area contributed by atoms with Crippen molar-refractivity contribution in [3.8, 4) is 17.6 Å². The summed E-state index contributed by atoms with van der Waals surface area (Å²) in [5, 5.41) is 0. The highest BCUT2D eigenvalue weighted by Gasteiger charge is 2.21. The summed E-state index contributed by atoms with van der Waals surface area (Å²) < 4.78 is 5.56. The van der Waals surface area contributed by atoms with Gasteiger partial charge in [-0.1, -0.05) is 36.6 Å². The van der Waals surface area contributed by atoms with Crippen molar-refractivity contribution in [2.75, 3.05) is 6.61 Å². The second-order valence-corrected chi connectivity index (χ2v) is 5.72. The van der Waals surface area contributed by atoms with E-state index in [1.807, 2.05) is 0 Å². The third-order valence-electron chi connectivity index (χ3n) is 4.00. The number of hydrogen-bond acceptors (Lipinski definition) is 1. The van der Waals surface area contributed by atoms with E-state index in [4.69, 9.17) is 16.3 Å². The van der Waals surface area contributed by atoms with E-state index in [-0.39, 0.29) is 0 Å². The van der Waals surface area contributed by atoms with Crippen LogP contribution in [0.2, 0.25) is 0 Å². The normalized spacial score (nSPS) is 21.8. The van der Waals surface area contributed by atoms with Crippen LogP contribution >= 0.6 is 11.6 Å². The molecule has 112 valence electrons. The maximum Gasteiger partial charge on any atom is 0.119 e. The molecule has 1 aromatic rings. The standard InChI is InChI=1S/C19H23ClO/c1-2-3-5-16-6-8-17(9-7-16)18-10-12-19(13-11-18)21-15-4-14-20/h4,10-14,16-17H,2,6-9,15H2,1H3. The van der Waals surface area contributed by atoms with E-state index in [1.165, 1.54) is 36.8 Å². The van der Waals surface area contributed by atoms with Crippen LogP contribution in [0.4, 0.5) is 0 Å². The Morgan fingerprint density at radius 2 is 1.90 bits per heavy atom. The first kappa shape index (κ1) is 16.0. The van der Waals surface area contributed by atoms with Crippen molar-refractivity contribution in [3.63, 3.8) is 0 Å². The average Bonchev–Trinajstić information content (AvgIpc) is 2.54. The zero-order valence-electron chi connectivity index (χ0n) is 12.6. The zero-order valence-corrected chi connectivity index (χ0v) is 13.4. The first-order valence-corrected chi connectivity index (χ1v) is 8.23. The van der Waals surface area contributed by atoms with Gasteiger partial charge in [0.2, 0.25) is 0 Å². The molecule has 0 amide bonds. The third-order valence-corrected chi connectivity index (χ3v) is 4.18. The summed E-state index contributed by atoms with van der Waals surface area (Å²) in [7, 11) is 0. The zero-order chi connectivity index (χ0) is 14.9. The first-order valence-electron chi connectivity index (χ1n) is 7.79. The molecule has 1 aromatic carbocycles. The van der Waals surface area contributed by atoms with Gasteiger partial charge in [0, 0.05) is 17.9 Å². The molecule has 1 saturated carbocycles. The van der Waals surface area contributed by atoms with Crippen LogP contribution < -0.4 is 4.74 Å². The van der Waals surface area contributed by atoms with Gasteiger partial charge >= 0.3 is 0 Å². The lowest BCUT2D eigenvalue weighted by Crippen LogP contribution is -2.12. The van der Waals surface area contributed by atoms with Crippen LogP contribution in [0.15, 0.2) is 35.9 Å². The topological polar surface area (TPSA) is 9.23 Å². The van der Waals surface area contributed by atoms with Gasteiger partial charge in [0.15, 0.2) is 0 Å². The number of halogens is 1.